The van der Waals surface area contributed by atoms with Gasteiger partial charge in [0.2, 0.25) is 0 Å². The maximum atomic E-state index is 12.8. The Morgan fingerprint density at radius 2 is 0.534 bits per heavy atom. The molecule has 6 heteroatoms. The summed E-state index contributed by atoms with van der Waals surface area (Å²) in [6, 6.07) is 0. The van der Waals surface area contributed by atoms with Crippen molar-refractivity contribution in [2.24, 2.45) is 0 Å². The first-order chi connectivity index (χ1) is 36.0. The van der Waals surface area contributed by atoms with Gasteiger partial charge in [0.15, 0.2) is 6.10 Å². The van der Waals surface area contributed by atoms with Gasteiger partial charge in [-0.15, -0.1) is 0 Å². The molecular formula is C67H104O6. The van der Waals surface area contributed by atoms with Gasteiger partial charge in [-0.2, -0.15) is 0 Å². The molecule has 408 valence electrons. The van der Waals surface area contributed by atoms with Crippen LogP contribution in [0.5, 0.6) is 0 Å². The van der Waals surface area contributed by atoms with Crippen LogP contribution in [-0.4, -0.2) is 37.2 Å². The molecule has 0 aromatic carbocycles. The third-order valence-corrected chi connectivity index (χ3v) is 11.5. The maximum Gasteiger partial charge on any atom is 0.310 e. The molecule has 0 fully saturated rings. The van der Waals surface area contributed by atoms with E-state index in [-0.39, 0.29) is 31.6 Å². The first kappa shape index (κ1) is 68.0. The van der Waals surface area contributed by atoms with E-state index in [1.165, 1.54) is 57.8 Å². The fraction of sp³-hybridized carbons (Fsp3) is 0.567. The molecule has 0 rings (SSSR count). The highest BCUT2D eigenvalue weighted by molar-refractivity contribution is 5.72. The Balaban J connectivity index is 4.41. The largest absolute Gasteiger partial charge is 0.462 e. The highest BCUT2D eigenvalue weighted by Crippen LogP contribution is 2.14. The van der Waals surface area contributed by atoms with Crippen molar-refractivity contribution in [1.82, 2.24) is 0 Å². The van der Waals surface area contributed by atoms with Gasteiger partial charge in [0.1, 0.15) is 13.2 Å². The van der Waals surface area contributed by atoms with Crippen molar-refractivity contribution in [3.8, 4) is 0 Å². The second kappa shape index (κ2) is 59.6. The first-order valence-corrected chi connectivity index (χ1v) is 29.0. The minimum atomic E-state index is -0.853. The van der Waals surface area contributed by atoms with Gasteiger partial charge >= 0.3 is 17.9 Å². The zero-order valence-electron chi connectivity index (χ0n) is 46.6. The normalized spacial score (nSPS) is 13.3. The van der Waals surface area contributed by atoms with E-state index in [4.69, 9.17) is 14.2 Å². The van der Waals surface area contributed by atoms with E-state index in [2.05, 4.69) is 167 Å². The van der Waals surface area contributed by atoms with Crippen LogP contribution in [0.3, 0.4) is 0 Å². The Bertz CT molecular complexity index is 1670. The average molecular weight is 1010 g/mol. The van der Waals surface area contributed by atoms with E-state index in [9.17, 15) is 14.4 Å². The Hall–Kier alpha value is -4.97. The van der Waals surface area contributed by atoms with E-state index < -0.39 is 12.1 Å². The number of esters is 3. The number of allylic oxidation sites excluding steroid dienone is 25. The quantitative estimate of drug-likeness (QED) is 0.0261. The van der Waals surface area contributed by atoms with Crippen molar-refractivity contribution in [3.05, 3.63) is 158 Å². The molecule has 6 nitrogen and oxygen atoms in total. The lowest BCUT2D eigenvalue weighted by Gasteiger charge is -2.18. The molecule has 1 unspecified atom stereocenters. The Morgan fingerprint density at radius 3 is 0.849 bits per heavy atom. The van der Waals surface area contributed by atoms with Crippen LogP contribution in [0, 0.1) is 0 Å². The van der Waals surface area contributed by atoms with Crippen LogP contribution < -0.4 is 0 Å². The predicted octanol–water partition coefficient (Wildman–Crippen LogP) is 19.8. The van der Waals surface area contributed by atoms with Crippen LogP contribution in [0.1, 0.15) is 226 Å². The van der Waals surface area contributed by atoms with Crippen molar-refractivity contribution in [3.63, 3.8) is 0 Å². The maximum absolute atomic E-state index is 12.8. The van der Waals surface area contributed by atoms with Gasteiger partial charge in [0.05, 0.1) is 6.42 Å². The summed E-state index contributed by atoms with van der Waals surface area (Å²) in [7, 11) is 0. The van der Waals surface area contributed by atoms with Crippen LogP contribution in [0.2, 0.25) is 0 Å². The zero-order chi connectivity index (χ0) is 52.9. The average Bonchev–Trinajstić information content (AvgIpc) is 3.39. The predicted molar refractivity (Wildman–Crippen MR) is 315 cm³/mol. The Labute approximate surface area is 448 Å². The number of unbranched alkanes of at least 4 members (excludes halogenated alkanes) is 14. The number of carbonyl (C=O) groups is 3. The highest BCUT2D eigenvalue weighted by Gasteiger charge is 2.19. The summed E-state index contributed by atoms with van der Waals surface area (Å²) >= 11 is 0. The number of ether oxygens (including phenoxy) is 3. The number of hydrogen-bond acceptors (Lipinski definition) is 6. The smallest absolute Gasteiger partial charge is 0.310 e. The minimum absolute atomic E-state index is 0.0827. The van der Waals surface area contributed by atoms with Gasteiger partial charge in [-0.1, -0.05) is 243 Å². The van der Waals surface area contributed by atoms with Gasteiger partial charge in [-0.05, 0) is 122 Å². The second-order valence-electron chi connectivity index (χ2n) is 18.4. The van der Waals surface area contributed by atoms with Crippen LogP contribution >= 0.6 is 0 Å². The third kappa shape index (κ3) is 57.8. The Kier molecular flexibility index (Phi) is 55.5. The number of rotatable bonds is 50. The molecule has 0 amide bonds. The zero-order valence-corrected chi connectivity index (χ0v) is 46.6. The van der Waals surface area contributed by atoms with Crippen LogP contribution in [-0.2, 0) is 28.6 Å². The van der Waals surface area contributed by atoms with Crippen molar-refractivity contribution < 1.29 is 28.6 Å². The fourth-order valence-corrected chi connectivity index (χ4v) is 7.32. The lowest BCUT2D eigenvalue weighted by atomic mass is 10.0. The van der Waals surface area contributed by atoms with E-state index in [1.54, 1.807) is 6.08 Å². The van der Waals surface area contributed by atoms with E-state index >= 15 is 0 Å². The van der Waals surface area contributed by atoms with Gasteiger partial charge in [0.25, 0.3) is 0 Å². The van der Waals surface area contributed by atoms with Crippen molar-refractivity contribution in [2.45, 2.75) is 232 Å². The molecule has 0 radical (unpaired) electrons. The molecule has 0 aromatic rings. The molecule has 0 heterocycles. The van der Waals surface area contributed by atoms with E-state index in [1.807, 2.05) is 6.08 Å². The molecule has 0 aliphatic carbocycles. The van der Waals surface area contributed by atoms with Crippen molar-refractivity contribution in [1.29, 1.82) is 0 Å². The summed E-state index contributed by atoms with van der Waals surface area (Å²) in [6.07, 6.45) is 87.0. The molecule has 1 atom stereocenters. The molecule has 0 aliphatic rings. The fourth-order valence-electron chi connectivity index (χ4n) is 7.32. The van der Waals surface area contributed by atoms with Crippen LogP contribution in [0.15, 0.2) is 158 Å². The second-order valence-corrected chi connectivity index (χ2v) is 18.4. The molecule has 0 aliphatic heterocycles. The molecule has 0 saturated heterocycles. The summed E-state index contributed by atoms with van der Waals surface area (Å²) in [5.74, 6) is -1.11. The lowest BCUT2D eigenvalue weighted by Crippen LogP contribution is -2.30. The number of hydrogen-bond donors (Lipinski definition) is 0. The topological polar surface area (TPSA) is 78.9 Å². The summed E-state index contributed by atoms with van der Waals surface area (Å²) in [6.45, 7) is 6.17. The van der Waals surface area contributed by atoms with Crippen molar-refractivity contribution >= 4 is 17.9 Å². The van der Waals surface area contributed by atoms with Crippen molar-refractivity contribution in [2.75, 3.05) is 13.2 Å². The monoisotopic (exact) mass is 1000 g/mol. The van der Waals surface area contributed by atoms with Crippen LogP contribution in [0.25, 0.3) is 0 Å². The van der Waals surface area contributed by atoms with Gasteiger partial charge in [-0.25, -0.2) is 0 Å². The lowest BCUT2D eigenvalue weighted by molar-refractivity contribution is -0.166. The van der Waals surface area contributed by atoms with Gasteiger partial charge in [0, 0.05) is 12.8 Å². The van der Waals surface area contributed by atoms with E-state index in [0.29, 0.717) is 19.3 Å². The molecule has 73 heavy (non-hydrogen) atoms. The summed E-state index contributed by atoms with van der Waals surface area (Å²) in [5, 5.41) is 0. The molecule has 0 aromatic heterocycles. The third-order valence-electron chi connectivity index (χ3n) is 11.5. The first-order valence-electron chi connectivity index (χ1n) is 29.0. The minimum Gasteiger partial charge on any atom is -0.462 e. The van der Waals surface area contributed by atoms with Gasteiger partial charge < -0.3 is 14.2 Å². The molecule has 0 saturated carbocycles. The summed E-state index contributed by atoms with van der Waals surface area (Å²) in [4.78, 5) is 38.1. The molecular weight excluding hydrogens is 901 g/mol. The number of carbonyl (C=O) groups excluding carboxylic acids is 3. The standard InChI is InChI=1S/C67H104O6/c1-4-7-10-13-16-19-22-25-27-28-29-30-31-32-33-34-35-36-37-38-40-42-45-48-51-54-57-60-66(69)72-63-64(62-71-65(68)59-56-53-50-47-44-41-24-21-18-15-12-9-6-3)73-67(70)61-58-55-52-49-46-43-39-26-23-20-17-14-11-8-5-2/h7-12,16-21,25-27,29-30,32-33,39,41,44,46,49,55,58,64H,4-6,13-15,22-24,28,31,34-38,40,42-43,45,47-48,50-54,56-57,59-63H2,1-3H3/b10-7-,11-8-,12-9-,19-16-,20-17-,21-18-,27-25-,30-29-,33-32-,39-26-,44-41-,49-46-,58-55-. The molecule has 0 spiro atoms. The SMILES string of the molecule is CC/C=C\C/C=C\C/C=C\C/C=C\C/C=C\CCCCCCCCCCCCCC(=O)OCC(COC(=O)CCCCC/C=C\C/C=C\C/C=C\CC)OC(=O)C/C=C\C/C=C\C/C=C\C/C=C\C/C=C\CC. The summed E-state index contributed by atoms with van der Waals surface area (Å²) < 4.78 is 16.7. The molecule has 0 bridgehead atoms. The van der Waals surface area contributed by atoms with Gasteiger partial charge in [-0.3, -0.25) is 14.4 Å². The molecule has 0 N–H and O–H groups in total. The van der Waals surface area contributed by atoms with Crippen LogP contribution in [0.4, 0.5) is 0 Å². The summed E-state index contributed by atoms with van der Waals surface area (Å²) in [5.41, 5.74) is 0. The highest BCUT2D eigenvalue weighted by atomic mass is 16.6. The van der Waals surface area contributed by atoms with E-state index in [0.717, 1.165) is 122 Å². The Morgan fingerprint density at radius 1 is 0.288 bits per heavy atom.